The first-order valence-corrected chi connectivity index (χ1v) is 7.50. The van der Waals surface area contributed by atoms with Crippen molar-refractivity contribution in [2.24, 2.45) is 12.5 Å². The van der Waals surface area contributed by atoms with Crippen LogP contribution in [-0.2, 0) is 18.3 Å². The molecule has 1 amide bonds. The minimum atomic E-state index is -0.167. The zero-order valence-corrected chi connectivity index (χ0v) is 12.5. The van der Waals surface area contributed by atoms with E-state index in [2.05, 4.69) is 27.8 Å². The van der Waals surface area contributed by atoms with E-state index < -0.39 is 0 Å². The fraction of sp³-hybridized carbons (Fsp3) is 0.786. The van der Waals surface area contributed by atoms with Gasteiger partial charge in [-0.1, -0.05) is 13.3 Å². The highest BCUT2D eigenvalue weighted by atomic mass is 16.2. The fourth-order valence-corrected chi connectivity index (χ4v) is 2.98. The number of hydrogen-bond donors (Lipinski definition) is 2. The number of aryl methyl sites for hydroxylation is 1. The maximum Gasteiger partial charge on any atom is 0.226 e. The lowest BCUT2D eigenvalue weighted by atomic mass is 9.74. The van der Waals surface area contributed by atoms with Crippen LogP contribution in [0.25, 0.3) is 0 Å². The maximum absolute atomic E-state index is 12.5. The summed E-state index contributed by atoms with van der Waals surface area (Å²) in [4.78, 5) is 12.5. The van der Waals surface area contributed by atoms with E-state index in [-0.39, 0.29) is 11.3 Å². The number of rotatable bonds is 6. The van der Waals surface area contributed by atoms with Gasteiger partial charge in [-0.3, -0.25) is 4.79 Å². The van der Waals surface area contributed by atoms with Crippen LogP contribution >= 0.6 is 0 Å². The Balaban J connectivity index is 1.87. The molecule has 0 atom stereocenters. The van der Waals surface area contributed by atoms with Gasteiger partial charge in [0, 0.05) is 20.0 Å². The minimum Gasteiger partial charge on any atom is -0.355 e. The Morgan fingerprint density at radius 2 is 2.25 bits per heavy atom. The molecule has 0 unspecified atom stereocenters. The van der Waals surface area contributed by atoms with Crippen molar-refractivity contribution in [2.45, 2.75) is 39.0 Å². The first-order chi connectivity index (χ1) is 9.68. The van der Waals surface area contributed by atoms with Gasteiger partial charge < -0.3 is 15.2 Å². The van der Waals surface area contributed by atoms with Crippen molar-refractivity contribution < 1.29 is 4.79 Å². The molecule has 2 heterocycles. The van der Waals surface area contributed by atoms with Gasteiger partial charge in [-0.2, -0.15) is 0 Å². The highest BCUT2D eigenvalue weighted by molar-refractivity contribution is 5.82. The average Bonchev–Trinajstić information content (AvgIpc) is 2.86. The van der Waals surface area contributed by atoms with Gasteiger partial charge in [-0.25, -0.2) is 0 Å². The smallest absolute Gasteiger partial charge is 0.226 e. The van der Waals surface area contributed by atoms with Crippen molar-refractivity contribution in [3.05, 3.63) is 12.2 Å². The number of hydrogen-bond acceptors (Lipinski definition) is 4. The van der Waals surface area contributed by atoms with Crippen LogP contribution in [0.15, 0.2) is 6.33 Å². The van der Waals surface area contributed by atoms with Crippen molar-refractivity contribution in [2.75, 3.05) is 19.6 Å². The van der Waals surface area contributed by atoms with Gasteiger partial charge in [0.1, 0.15) is 12.2 Å². The molecule has 6 heteroatoms. The summed E-state index contributed by atoms with van der Waals surface area (Å²) >= 11 is 0. The van der Waals surface area contributed by atoms with Gasteiger partial charge in [0.15, 0.2) is 0 Å². The van der Waals surface area contributed by atoms with Crippen molar-refractivity contribution in [3.8, 4) is 0 Å². The van der Waals surface area contributed by atoms with Crippen LogP contribution in [0.3, 0.4) is 0 Å². The van der Waals surface area contributed by atoms with E-state index in [1.807, 2.05) is 11.6 Å². The lowest BCUT2D eigenvalue weighted by molar-refractivity contribution is -0.133. The first-order valence-electron chi connectivity index (χ1n) is 7.50. The highest BCUT2D eigenvalue weighted by Crippen LogP contribution is 2.34. The number of piperidine rings is 1. The van der Waals surface area contributed by atoms with E-state index in [1.54, 1.807) is 6.33 Å². The van der Waals surface area contributed by atoms with Crippen molar-refractivity contribution in [1.82, 2.24) is 25.4 Å². The van der Waals surface area contributed by atoms with Gasteiger partial charge in [0.05, 0.1) is 5.41 Å². The molecule has 112 valence electrons. The van der Waals surface area contributed by atoms with Gasteiger partial charge >= 0.3 is 0 Å². The van der Waals surface area contributed by atoms with E-state index in [9.17, 15) is 4.79 Å². The molecule has 1 aliphatic rings. The second kappa shape index (κ2) is 6.83. The van der Waals surface area contributed by atoms with E-state index >= 15 is 0 Å². The normalized spacial score (nSPS) is 17.9. The lowest BCUT2D eigenvalue weighted by Gasteiger charge is -2.36. The number of nitrogens with one attached hydrogen (secondary N) is 2. The molecular weight excluding hydrogens is 254 g/mol. The third-order valence-electron chi connectivity index (χ3n) is 4.21. The Bertz CT molecular complexity index is 431. The molecule has 0 spiro atoms. The summed E-state index contributed by atoms with van der Waals surface area (Å²) in [6.45, 7) is 4.66. The SMILES string of the molecule is CCCC1(C(=O)NCCc2nncn2C)CCNCC1. The molecule has 6 nitrogen and oxygen atoms in total. The van der Waals surface area contributed by atoms with Crippen molar-refractivity contribution in [3.63, 3.8) is 0 Å². The maximum atomic E-state index is 12.5. The van der Waals surface area contributed by atoms with Crippen LogP contribution < -0.4 is 10.6 Å². The summed E-state index contributed by atoms with van der Waals surface area (Å²) < 4.78 is 1.89. The van der Waals surface area contributed by atoms with E-state index in [4.69, 9.17) is 0 Å². The molecule has 1 fully saturated rings. The molecular formula is C14H25N5O. The van der Waals surface area contributed by atoms with E-state index in [0.29, 0.717) is 6.54 Å². The summed E-state index contributed by atoms with van der Waals surface area (Å²) in [7, 11) is 1.92. The second-order valence-corrected chi connectivity index (χ2v) is 5.64. The number of nitrogens with zero attached hydrogens (tertiary/aromatic N) is 3. The molecule has 1 aromatic heterocycles. The summed E-state index contributed by atoms with van der Waals surface area (Å²) in [6.07, 6.45) is 6.32. The van der Waals surface area contributed by atoms with Crippen LogP contribution in [0, 0.1) is 5.41 Å². The molecule has 0 saturated carbocycles. The molecule has 0 radical (unpaired) electrons. The van der Waals surface area contributed by atoms with Gasteiger partial charge in [-0.05, 0) is 32.4 Å². The lowest BCUT2D eigenvalue weighted by Crippen LogP contribution is -2.48. The highest BCUT2D eigenvalue weighted by Gasteiger charge is 2.38. The number of aromatic nitrogens is 3. The van der Waals surface area contributed by atoms with Crippen molar-refractivity contribution in [1.29, 1.82) is 0 Å². The van der Waals surface area contributed by atoms with Crippen LogP contribution in [-0.4, -0.2) is 40.3 Å². The third-order valence-corrected chi connectivity index (χ3v) is 4.21. The van der Waals surface area contributed by atoms with E-state index in [0.717, 1.165) is 51.0 Å². The standard InChI is InChI=1S/C14H25N5O/c1-3-5-14(6-9-15-10-7-14)13(20)16-8-4-12-18-17-11-19(12)2/h11,15H,3-10H2,1-2H3,(H,16,20). The van der Waals surface area contributed by atoms with Crippen LogP contribution in [0.4, 0.5) is 0 Å². The number of carbonyl (C=O) groups is 1. The molecule has 2 N–H and O–H groups in total. The Morgan fingerprint density at radius 3 is 2.85 bits per heavy atom. The van der Waals surface area contributed by atoms with Crippen LogP contribution in [0.5, 0.6) is 0 Å². The molecule has 0 aliphatic carbocycles. The van der Waals surface area contributed by atoms with Gasteiger partial charge in [0.25, 0.3) is 0 Å². The summed E-state index contributed by atoms with van der Waals surface area (Å²) in [5.41, 5.74) is -0.167. The average molecular weight is 279 g/mol. The second-order valence-electron chi connectivity index (χ2n) is 5.64. The van der Waals surface area contributed by atoms with Crippen LogP contribution in [0.1, 0.15) is 38.4 Å². The Kier molecular flexibility index (Phi) is 5.11. The topological polar surface area (TPSA) is 71.8 Å². The predicted octanol–water partition coefficient (Wildman–Crippen LogP) is 0.644. The molecule has 2 rings (SSSR count). The predicted molar refractivity (Wildman–Crippen MR) is 77.2 cm³/mol. The molecule has 1 aliphatic heterocycles. The molecule has 0 aromatic carbocycles. The molecule has 1 aromatic rings. The summed E-state index contributed by atoms with van der Waals surface area (Å²) in [6, 6.07) is 0. The third kappa shape index (κ3) is 3.36. The van der Waals surface area contributed by atoms with Gasteiger partial charge in [-0.15, -0.1) is 10.2 Å². The zero-order chi connectivity index (χ0) is 14.4. The largest absolute Gasteiger partial charge is 0.355 e. The Labute approximate surface area is 120 Å². The fourth-order valence-electron chi connectivity index (χ4n) is 2.98. The number of carbonyl (C=O) groups excluding carboxylic acids is 1. The number of amides is 1. The monoisotopic (exact) mass is 279 g/mol. The quantitative estimate of drug-likeness (QED) is 0.802. The molecule has 1 saturated heterocycles. The Hall–Kier alpha value is -1.43. The van der Waals surface area contributed by atoms with Gasteiger partial charge in [0.2, 0.25) is 5.91 Å². The van der Waals surface area contributed by atoms with Crippen LogP contribution in [0.2, 0.25) is 0 Å². The minimum absolute atomic E-state index is 0.167. The first kappa shape index (κ1) is 15.0. The molecule has 0 bridgehead atoms. The summed E-state index contributed by atoms with van der Waals surface area (Å²) in [5.74, 6) is 1.11. The Morgan fingerprint density at radius 1 is 1.50 bits per heavy atom. The van der Waals surface area contributed by atoms with E-state index in [1.165, 1.54) is 0 Å². The summed E-state index contributed by atoms with van der Waals surface area (Å²) in [5, 5.41) is 14.3. The zero-order valence-electron chi connectivity index (χ0n) is 12.5. The van der Waals surface area contributed by atoms with Crippen molar-refractivity contribution >= 4 is 5.91 Å². The molecule has 20 heavy (non-hydrogen) atoms.